The van der Waals surface area contributed by atoms with Crippen LogP contribution in [-0.4, -0.2) is 29.7 Å². The van der Waals surface area contributed by atoms with Crippen LogP contribution in [0.5, 0.6) is 0 Å². The molecule has 1 rings (SSSR count). The van der Waals surface area contributed by atoms with Gasteiger partial charge in [-0.05, 0) is 75.8 Å². The predicted molar refractivity (Wildman–Crippen MR) is 153 cm³/mol. The number of methoxy groups -OCH3 is 1. The molecule has 0 aromatic rings. The summed E-state index contributed by atoms with van der Waals surface area (Å²) in [6.45, 7) is 15.3. The van der Waals surface area contributed by atoms with E-state index in [9.17, 15) is 4.79 Å². The monoisotopic (exact) mass is 500 g/mol. The van der Waals surface area contributed by atoms with Crippen LogP contribution >= 0.6 is 11.9 Å². The molecule has 1 aliphatic carbocycles. The summed E-state index contributed by atoms with van der Waals surface area (Å²) >= 11 is 1.60. The minimum Gasteiger partial charge on any atom is -0.497 e. The van der Waals surface area contributed by atoms with Crippen molar-refractivity contribution in [3.05, 3.63) is 83.9 Å². The van der Waals surface area contributed by atoms with E-state index in [0.717, 1.165) is 60.5 Å². The van der Waals surface area contributed by atoms with Gasteiger partial charge in [0.05, 0.1) is 24.4 Å². The van der Waals surface area contributed by atoms with Gasteiger partial charge in [-0.1, -0.05) is 74.7 Å². The lowest BCUT2D eigenvalue weighted by Crippen LogP contribution is -2.16. The van der Waals surface area contributed by atoms with E-state index in [1.165, 1.54) is 12.0 Å². The van der Waals surface area contributed by atoms with Gasteiger partial charge in [0.2, 0.25) is 0 Å². The lowest BCUT2D eigenvalue weighted by molar-refractivity contribution is -0.142. The third kappa shape index (κ3) is 15.7. The van der Waals surface area contributed by atoms with Crippen LogP contribution in [0.3, 0.4) is 0 Å². The predicted octanol–water partition coefficient (Wildman–Crippen LogP) is 7.93. The van der Waals surface area contributed by atoms with Gasteiger partial charge < -0.3 is 20.0 Å². The molecule has 0 aromatic heterocycles. The quantitative estimate of drug-likeness (QED) is 0.0786. The van der Waals surface area contributed by atoms with E-state index in [4.69, 9.17) is 15.3 Å². The molecule has 1 saturated carbocycles. The highest BCUT2D eigenvalue weighted by atomic mass is 32.2. The summed E-state index contributed by atoms with van der Waals surface area (Å²) in [6, 6.07) is 0. The molecule has 0 saturated heterocycles. The summed E-state index contributed by atoms with van der Waals surface area (Å²) in [7, 11) is 1.63. The number of ether oxygens (including phenoxy) is 1. The number of carbonyl (C=O) groups is 1. The number of carboxylic acids is 1. The first-order chi connectivity index (χ1) is 16.7. The average Bonchev–Trinajstić information content (AvgIpc) is 2.82. The lowest BCUT2D eigenvalue weighted by atomic mass is 9.90. The molecule has 194 valence electrons. The molecule has 0 aliphatic heterocycles. The molecule has 6 heteroatoms. The molecular formula is C29H44N2O3S. The molecule has 3 N–H and O–H groups in total. The van der Waals surface area contributed by atoms with Gasteiger partial charge in [0.25, 0.3) is 0 Å². The highest BCUT2D eigenvalue weighted by Crippen LogP contribution is 2.23. The van der Waals surface area contributed by atoms with E-state index in [1.54, 1.807) is 32.1 Å². The summed E-state index contributed by atoms with van der Waals surface area (Å²) in [5.74, 6) is 1.02. The first-order valence-electron chi connectivity index (χ1n) is 12.1. The fraction of sp³-hybridized carbons (Fsp3) is 0.448. The Hall–Kier alpha value is -2.73. The van der Waals surface area contributed by atoms with Gasteiger partial charge in [0.1, 0.15) is 5.76 Å². The Bertz CT molecular complexity index is 857. The number of hydrogen-bond donors (Lipinski definition) is 3. The smallest absolute Gasteiger partial charge is 0.306 e. The zero-order valence-electron chi connectivity index (χ0n) is 22.2. The van der Waals surface area contributed by atoms with Crippen molar-refractivity contribution in [1.82, 2.24) is 4.72 Å². The van der Waals surface area contributed by atoms with E-state index in [2.05, 4.69) is 24.0 Å². The first kappa shape index (κ1) is 32.3. The second kappa shape index (κ2) is 19.6. The standard InChI is InChI=1S/C22H32N2OS.C7H12O2/c1-8-10-20(11-9-2)14-15-26-24-21(19(6)23)16-18(5)12-13-22(25-7)17(3)4;8-7(9)6-4-2-1-3-5-6/h8-13,16,23-24H,1,3,14-15H2,2,4-7H3;6H,1-5H2,(H,8,9)/b11-9-,18-12+,20-10+,21-16-,22-13+,23-19?;. The number of allylic oxidation sites excluding steroid dienone is 11. The Kier molecular flexibility index (Phi) is 18.0. The summed E-state index contributed by atoms with van der Waals surface area (Å²) < 4.78 is 8.55. The van der Waals surface area contributed by atoms with Crippen LogP contribution in [0.1, 0.15) is 66.2 Å². The minimum atomic E-state index is -0.602. The van der Waals surface area contributed by atoms with Gasteiger partial charge in [0, 0.05) is 5.75 Å². The maximum Gasteiger partial charge on any atom is 0.306 e. The van der Waals surface area contributed by atoms with Gasteiger partial charge in [-0.15, -0.1) is 0 Å². The Balaban J connectivity index is 0.00000106. The highest BCUT2D eigenvalue weighted by molar-refractivity contribution is 7.97. The Morgan fingerprint density at radius 1 is 1.17 bits per heavy atom. The van der Waals surface area contributed by atoms with Crippen molar-refractivity contribution in [2.45, 2.75) is 66.2 Å². The van der Waals surface area contributed by atoms with Crippen LogP contribution < -0.4 is 4.72 Å². The summed E-state index contributed by atoms with van der Waals surface area (Å²) in [5, 5.41) is 16.5. The van der Waals surface area contributed by atoms with Crippen molar-refractivity contribution in [2.75, 3.05) is 12.9 Å². The Morgan fingerprint density at radius 3 is 2.29 bits per heavy atom. The van der Waals surface area contributed by atoms with Crippen LogP contribution in [-0.2, 0) is 9.53 Å². The summed E-state index contributed by atoms with van der Waals surface area (Å²) in [5.41, 5.74) is 4.43. The van der Waals surface area contributed by atoms with Crippen molar-refractivity contribution in [1.29, 1.82) is 5.41 Å². The molecule has 0 heterocycles. The fourth-order valence-corrected chi connectivity index (χ4v) is 4.12. The molecule has 35 heavy (non-hydrogen) atoms. The second-order valence-electron chi connectivity index (χ2n) is 8.46. The molecule has 1 fully saturated rings. The van der Waals surface area contributed by atoms with Crippen LogP contribution in [0, 0.1) is 11.3 Å². The lowest BCUT2D eigenvalue weighted by Gasteiger charge is -2.16. The van der Waals surface area contributed by atoms with Crippen molar-refractivity contribution >= 4 is 23.6 Å². The molecule has 1 aliphatic rings. The maximum absolute atomic E-state index is 10.4. The molecule has 0 unspecified atom stereocenters. The first-order valence-corrected chi connectivity index (χ1v) is 13.0. The van der Waals surface area contributed by atoms with Crippen molar-refractivity contribution in [3.8, 4) is 0 Å². The number of carboxylic acid groups (broad SMARTS) is 1. The maximum atomic E-state index is 10.4. The largest absolute Gasteiger partial charge is 0.497 e. The van der Waals surface area contributed by atoms with Gasteiger partial charge in [-0.2, -0.15) is 0 Å². The van der Waals surface area contributed by atoms with E-state index >= 15 is 0 Å². The summed E-state index contributed by atoms with van der Waals surface area (Å²) in [4.78, 5) is 10.4. The van der Waals surface area contributed by atoms with E-state index < -0.39 is 5.97 Å². The Morgan fingerprint density at radius 2 is 1.83 bits per heavy atom. The molecule has 0 spiro atoms. The molecule has 0 atom stereocenters. The molecule has 0 radical (unpaired) electrons. The topological polar surface area (TPSA) is 82.4 Å². The number of aliphatic carboxylic acids is 1. The van der Waals surface area contributed by atoms with Gasteiger partial charge in [-0.3, -0.25) is 4.79 Å². The summed E-state index contributed by atoms with van der Waals surface area (Å²) in [6.07, 6.45) is 19.9. The zero-order valence-corrected chi connectivity index (χ0v) is 23.0. The number of rotatable bonds is 13. The van der Waals surface area contributed by atoms with Crippen LogP contribution in [0.25, 0.3) is 0 Å². The van der Waals surface area contributed by atoms with Crippen LogP contribution in [0.2, 0.25) is 0 Å². The zero-order chi connectivity index (χ0) is 26.6. The van der Waals surface area contributed by atoms with Gasteiger partial charge in [-0.25, -0.2) is 0 Å². The van der Waals surface area contributed by atoms with Crippen LogP contribution in [0.4, 0.5) is 0 Å². The number of nitrogens with one attached hydrogen (secondary N) is 2. The average molecular weight is 501 g/mol. The number of hydrogen-bond acceptors (Lipinski definition) is 5. The minimum absolute atomic E-state index is 0.0289. The third-order valence-electron chi connectivity index (χ3n) is 5.26. The fourth-order valence-electron chi connectivity index (χ4n) is 3.32. The molecule has 0 amide bonds. The van der Waals surface area contributed by atoms with Crippen LogP contribution in [0.15, 0.2) is 83.9 Å². The Labute approximate surface area is 217 Å². The molecule has 5 nitrogen and oxygen atoms in total. The van der Waals surface area contributed by atoms with E-state index in [0.29, 0.717) is 5.71 Å². The van der Waals surface area contributed by atoms with E-state index in [1.807, 2.05) is 51.2 Å². The van der Waals surface area contributed by atoms with Gasteiger partial charge >= 0.3 is 5.97 Å². The molecule has 0 aromatic carbocycles. The second-order valence-corrected chi connectivity index (χ2v) is 9.36. The molecule has 0 bridgehead atoms. The normalized spacial score (nSPS) is 15.8. The van der Waals surface area contributed by atoms with E-state index in [-0.39, 0.29) is 5.92 Å². The highest BCUT2D eigenvalue weighted by Gasteiger charge is 2.19. The molecular weight excluding hydrogens is 456 g/mol. The SMILES string of the molecule is C=C/C=C(\C=C/C)CCSN\C(=C/C(C)=C/C=C(/OC)C(=C)C)C(C)=N.O=C(O)C1CCCCC1. The van der Waals surface area contributed by atoms with Crippen molar-refractivity contribution < 1.29 is 14.6 Å². The third-order valence-corrected chi connectivity index (χ3v) is 6.03. The van der Waals surface area contributed by atoms with Crippen molar-refractivity contribution in [2.24, 2.45) is 5.92 Å². The van der Waals surface area contributed by atoms with Gasteiger partial charge in [0.15, 0.2) is 0 Å². The van der Waals surface area contributed by atoms with Crippen molar-refractivity contribution in [3.63, 3.8) is 0 Å².